The van der Waals surface area contributed by atoms with Crippen molar-refractivity contribution in [1.82, 2.24) is 4.57 Å². The van der Waals surface area contributed by atoms with Gasteiger partial charge >= 0.3 is 0 Å². The zero-order valence-electron chi connectivity index (χ0n) is 12.2. The molecule has 1 aromatic heterocycles. The molecule has 0 atom stereocenters. The predicted molar refractivity (Wildman–Crippen MR) is 91.2 cm³/mol. The summed E-state index contributed by atoms with van der Waals surface area (Å²) in [6.45, 7) is 3.62. The van der Waals surface area contributed by atoms with E-state index in [0.29, 0.717) is 10.4 Å². The van der Waals surface area contributed by atoms with Crippen LogP contribution < -0.4 is 4.80 Å². The minimum absolute atomic E-state index is 0. The van der Waals surface area contributed by atoms with Gasteiger partial charge in [0.1, 0.15) is 0 Å². The quantitative estimate of drug-likeness (QED) is 0.802. The first-order valence-electron chi connectivity index (χ1n) is 6.98. The average molecular weight is 367 g/mol. The molecule has 0 fully saturated rings. The molecular weight excluding hydrogens is 348 g/mol. The Morgan fingerprint density at radius 2 is 2.00 bits per heavy atom. The van der Waals surface area contributed by atoms with Crippen LogP contribution in [0.25, 0.3) is 5.69 Å². The molecule has 0 amide bonds. The fourth-order valence-electron chi connectivity index (χ4n) is 2.87. The van der Waals surface area contributed by atoms with Gasteiger partial charge in [0.15, 0.2) is 10.6 Å². The van der Waals surface area contributed by atoms with Crippen LogP contribution >= 0.6 is 28.3 Å². The largest absolute Gasteiger partial charge is 0.294 e. The van der Waals surface area contributed by atoms with Gasteiger partial charge in [-0.25, -0.2) is 0 Å². The summed E-state index contributed by atoms with van der Waals surface area (Å²) in [6, 6.07) is 5.87. The van der Waals surface area contributed by atoms with Gasteiger partial charge in [-0.3, -0.25) is 14.8 Å². The maximum Gasteiger partial charge on any atom is 0.187 e. The second-order valence-electron chi connectivity index (χ2n) is 5.40. The third kappa shape index (κ3) is 2.90. The van der Waals surface area contributed by atoms with Gasteiger partial charge in [-0.05, 0) is 57.2 Å². The van der Waals surface area contributed by atoms with E-state index in [9.17, 15) is 4.79 Å². The number of halogens is 1. The molecule has 5 heteroatoms. The summed E-state index contributed by atoms with van der Waals surface area (Å²) in [5, 5.41) is 8.28. The van der Waals surface area contributed by atoms with Crippen LogP contribution in [-0.4, -0.2) is 10.4 Å². The van der Waals surface area contributed by atoms with Gasteiger partial charge in [0, 0.05) is 16.1 Å². The van der Waals surface area contributed by atoms with Crippen LogP contribution in [0.4, 0.5) is 0 Å². The second-order valence-corrected chi connectivity index (χ2v) is 6.48. The molecule has 0 bridgehead atoms. The summed E-state index contributed by atoms with van der Waals surface area (Å²) >= 11 is 1.56. The smallest absolute Gasteiger partial charge is 0.187 e. The third-order valence-corrected chi connectivity index (χ3v) is 4.92. The molecule has 0 aliphatic heterocycles. The minimum Gasteiger partial charge on any atom is -0.294 e. The predicted octanol–water partition coefficient (Wildman–Crippen LogP) is 3.99. The monoisotopic (exact) mass is 366 g/mol. The fraction of sp³-hybridized carbons (Fsp3) is 0.375. The van der Waals surface area contributed by atoms with Crippen LogP contribution in [0.1, 0.15) is 46.3 Å². The average Bonchev–Trinajstić information content (AvgIpc) is 2.73. The molecule has 1 aliphatic carbocycles. The highest BCUT2D eigenvalue weighted by Gasteiger charge is 2.20. The highest BCUT2D eigenvalue weighted by atomic mass is 79.9. The molecule has 3 nitrogen and oxygen atoms in total. The molecule has 21 heavy (non-hydrogen) atoms. The molecule has 1 aliphatic rings. The molecule has 0 saturated carbocycles. The Morgan fingerprint density at radius 1 is 1.29 bits per heavy atom. The van der Waals surface area contributed by atoms with Gasteiger partial charge in [0.05, 0.1) is 5.69 Å². The van der Waals surface area contributed by atoms with Crippen molar-refractivity contribution in [1.29, 1.82) is 5.41 Å². The van der Waals surface area contributed by atoms with E-state index in [-0.39, 0.29) is 22.8 Å². The maximum absolute atomic E-state index is 11.9. The van der Waals surface area contributed by atoms with E-state index in [1.54, 1.807) is 18.3 Å². The lowest BCUT2D eigenvalue weighted by Gasteiger charge is -2.16. The normalized spacial score (nSPS) is 13.4. The first-order chi connectivity index (χ1) is 9.58. The van der Waals surface area contributed by atoms with E-state index in [2.05, 4.69) is 0 Å². The van der Waals surface area contributed by atoms with Gasteiger partial charge in [0.25, 0.3) is 0 Å². The zero-order chi connectivity index (χ0) is 14.3. The molecule has 0 spiro atoms. The lowest BCUT2D eigenvalue weighted by molar-refractivity contribution is 0.101. The first-order valence-corrected chi connectivity index (χ1v) is 7.79. The van der Waals surface area contributed by atoms with Crippen molar-refractivity contribution in [3.05, 3.63) is 44.7 Å². The molecular formula is C16H19BrN2OS. The topological polar surface area (TPSA) is 45.9 Å². The number of nitrogens with zero attached hydrogens (tertiary/aromatic N) is 1. The van der Waals surface area contributed by atoms with Crippen molar-refractivity contribution < 1.29 is 4.79 Å². The number of rotatable bonds is 2. The van der Waals surface area contributed by atoms with Crippen LogP contribution in [0.3, 0.4) is 0 Å². The number of Topliss-reactive ketones (excluding diaryl/α,β-unsaturated/α-hetero) is 1. The van der Waals surface area contributed by atoms with E-state index >= 15 is 0 Å². The van der Waals surface area contributed by atoms with Gasteiger partial charge in [-0.15, -0.1) is 28.3 Å². The van der Waals surface area contributed by atoms with Gasteiger partial charge in [0.2, 0.25) is 0 Å². The Labute approximate surface area is 138 Å². The van der Waals surface area contributed by atoms with E-state index in [4.69, 9.17) is 5.41 Å². The van der Waals surface area contributed by atoms with Crippen molar-refractivity contribution in [2.24, 2.45) is 0 Å². The maximum atomic E-state index is 11.9. The highest BCUT2D eigenvalue weighted by molar-refractivity contribution is 8.93. The van der Waals surface area contributed by atoms with E-state index < -0.39 is 0 Å². The SMILES string of the molecule is Br.CC(=O)c1ccc(C)cc1-n1c2c(sc1=N)CCCC2. The van der Waals surface area contributed by atoms with Crippen LogP contribution in [0, 0.1) is 12.3 Å². The molecule has 0 saturated heterocycles. The van der Waals surface area contributed by atoms with Crippen molar-refractivity contribution in [3.8, 4) is 5.69 Å². The zero-order valence-corrected chi connectivity index (χ0v) is 14.8. The van der Waals surface area contributed by atoms with E-state index in [0.717, 1.165) is 24.1 Å². The van der Waals surface area contributed by atoms with E-state index in [1.807, 2.05) is 29.7 Å². The Bertz CT molecular complexity index is 745. The number of nitrogens with one attached hydrogen (secondary N) is 1. The summed E-state index contributed by atoms with van der Waals surface area (Å²) in [5.74, 6) is 0.0580. The molecule has 1 aromatic carbocycles. The first kappa shape index (κ1) is 16.2. The number of ketones is 1. The lowest BCUT2D eigenvalue weighted by atomic mass is 10.0. The highest BCUT2D eigenvalue weighted by Crippen LogP contribution is 2.27. The van der Waals surface area contributed by atoms with Gasteiger partial charge in [-0.2, -0.15) is 0 Å². The Balaban J connectivity index is 0.00000161. The van der Waals surface area contributed by atoms with Crippen molar-refractivity contribution >= 4 is 34.1 Å². The number of carbonyl (C=O) groups is 1. The number of hydrogen-bond donors (Lipinski definition) is 1. The molecule has 1 heterocycles. The van der Waals surface area contributed by atoms with Crippen LogP contribution in [-0.2, 0) is 12.8 Å². The number of aryl methyl sites for hydroxylation is 2. The number of thiazole rings is 1. The number of fused-ring (bicyclic) bond motifs is 1. The number of carbonyl (C=O) groups excluding carboxylic acids is 1. The van der Waals surface area contributed by atoms with Crippen LogP contribution in [0.2, 0.25) is 0 Å². The molecule has 3 rings (SSSR count). The van der Waals surface area contributed by atoms with Crippen molar-refractivity contribution in [2.75, 3.05) is 0 Å². The molecule has 112 valence electrons. The molecule has 1 N–H and O–H groups in total. The number of benzene rings is 1. The Hall–Kier alpha value is -1.20. The standard InChI is InChI=1S/C16H18N2OS.BrH/c1-10-7-8-12(11(2)19)14(9-10)18-13-5-3-4-6-15(13)20-16(18)17;/h7-9,17H,3-6H2,1-2H3;1H. The lowest BCUT2D eigenvalue weighted by Crippen LogP contribution is -2.18. The second kappa shape index (κ2) is 6.28. The summed E-state index contributed by atoms with van der Waals surface area (Å²) < 4.78 is 1.99. The number of aromatic nitrogens is 1. The molecule has 2 aromatic rings. The van der Waals surface area contributed by atoms with E-state index in [1.165, 1.54) is 23.4 Å². The third-order valence-electron chi connectivity index (χ3n) is 3.86. The van der Waals surface area contributed by atoms with Gasteiger partial charge < -0.3 is 0 Å². The summed E-state index contributed by atoms with van der Waals surface area (Å²) in [5.41, 5.74) is 3.94. The van der Waals surface area contributed by atoms with Crippen LogP contribution in [0.15, 0.2) is 18.2 Å². The summed E-state index contributed by atoms with van der Waals surface area (Å²) in [4.78, 5) is 13.7. The Kier molecular flexibility index (Phi) is 4.84. The van der Waals surface area contributed by atoms with Gasteiger partial charge in [-0.1, -0.05) is 6.07 Å². The minimum atomic E-state index is 0. The number of hydrogen-bond acceptors (Lipinski definition) is 3. The van der Waals surface area contributed by atoms with Crippen molar-refractivity contribution in [3.63, 3.8) is 0 Å². The molecule has 0 radical (unpaired) electrons. The Morgan fingerprint density at radius 3 is 2.71 bits per heavy atom. The summed E-state index contributed by atoms with van der Waals surface area (Å²) in [7, 11) is 0. The molecule has 0 unspecified atom stereocenters. The van der Waals surface area contributed by atoms with Crippen LogP contribution in [0.5, 0.6) is 0 Å². The fourth-order valence-corrected chi connectivity index (χ4v) is 3.96. The van der Waals surface area contributed by atoms with Crippen molar-refractivity contribution in [2.45, 2.75) is 39.5 Å². The summed E-state index contributed by atoms with van der Waals surface area (Å²) in [6.07, 6.45) is 4.46.